The first-order chi connectivity index (χ1) is 11.7. The van der Waals surface area contributed by atoms with Gasteiger partial charge < -0.3 is 10.4 Å². The molecule has 2 aromatic rings. The Balaban J connectivity index is 1.79. The molecule has 1 aliphatic heterocycles. The number of hydrogen-bond acceptors (Lipinski definition) is 5. The highest BCUT2D eigenvalue weighted by Gasteiger charge is 2.20. The summed E-state index contributed by atoms with van der Waals surface area (Å²) in [7, 11) is 2.13. The van der Waals surface area contributed by atoms with Crippen LogP contribution in [0.2, 0.25) is 5.02 Å². The Kier molecular flexibility index (Phi) is 5.84. The van der Waals surface area contributed by atoms with E-state index in [1.165, 1.54) is 0 Å². The van der Waals surface area contributed by atoms with Crippen LogP contribution in [0.15, 0.2) is 24.3 Å². The molecule has 1 fully saturated rings. The summed E-state index contributed by atoms with van der Waals surface area (Å²) in [5.41, 5.74) is 0.932. The van der Waals surface area contributed by atoms with Crippen LogP contribution in [0.1, 0.15) is 18.7 Å². The number of nitrogens with one attached hydrogen (secondary N) is 1. The molecule has 7 heteroatoms. The van der Waals surface area contributed by atoms with Gasteiger partial charge in [-0.25, -0.2) is 9.67 Å². The Morgan fingerprint density at radius 1 is 1.29 bits per heavy atom. The van der Waals surface area contributed by atoms with Crippen LogP contribution in [-0.4, -0.2) is 57.6 Å². The lowest BCUT2D eigenvalue weighted by atomic mass is 10.1. The van der Waals surface area contributed by atoms with E-state index >= 15 is 0 Å². The van der Waals surface area contributed by atoms with Crippen LogP contribution in [0, 0.1) is 0 Å². The predicted octanol–water partition coefficient (Wildman–Crippen LogP) is 1.77. The molecule has 0 aliphatic carbocycles. The SMILES string of the molecule is CN(Cc1nc(-c2ccc(Cl)cc2)nn1CCO)C1CCNCC1. The van der Waals surface area contributed by atoms with Gasteiger partial charge in [-0.15, -0.1) is 0 Å². The Morgan fingerprint density at radius 2 is 2.00 bits per heavy atom. The molecule has 0 unspecified atom stereocenters. The van der Waals surface area contributed by atoms with Crippen LogP contribution in [0.3, 0.4) is 0 Å². The van der Waals surface area contributed by atoms with Crippen molar-refractivity contribution >= 4 is 11.6 Å². The number of aliphatic hydroxyl groups is 1. The first-order valence-electron chi connectivity index (χ1n) is 8.39. The van der Waals surface area contributed by atoms with Gasteiger partial charge >= 0.3 is 0 Å². The zero-order valence-electron chi connectivity index (χ0n) is 14.0. The van der Waals surface area contributed by atoms with Crippen molar-refractivity contribution in [1.29, 1.82) is 0 Å². The number of benzene rings is 1. The fourth-order valence-electron chi connectivity index (χ4n) is 3.09. The smallest absolute Gasteiger partial charge is 0.181 e. The fraction of sp³-hybridized carbons (Fsp3) is 0.529. The van der Waals surface area contributed by atoms with Crippen molar-refractivity contribution < 1.29 is 5.11 Å². The maximum Gasteiger partial charge on any atom is 0.181 e. The van der Waals surface area contributed by atoms with Crippen molar-refractivity contribution in [3.63, 3.8) is 0 Å². The normalized spacial score (nSPS) is 16.0. The standard InChI is InChI=1S/C17H24ClN5O/c1-22(15-6-8-19-9-7-15)12-16-20-17(21-23(16)10-11-24)13-2-4-14(18)5-3-13/h2-5,15,19,24H,6-12H2,1H3. The summed E-state index contributed by atoms with van der Waals surface area (Å²) in [6.07, 6.45) is 2.29. The largest absolute Gasteiger partial charge is 0.394 e. The molecular weight excluding hydrogens is 326 g/mol. The van der Waals surface area contributed by atoms with Crippen LogP contribution < -0.4 is 5.32 Å². The third-order valence-electron chi connectivity index (χ3n) is 4.49. The number of rotatable bonds is 6. The summed E-state index contributed by atoms with van der Waals surface area (Å²) < 4.78 is 1.81. The van der Waals surface area contributed by atoms with Gasteiger partial charge in [0.15, 0.2) is 5.82 Å². The van der Waals surface area contributed by atoms with Gasteiger partial charge in [-0.2, -0.15) is 5.10 Å². The first-order valence-corrected chi connectivity index (χ1v) is 8.76. The van der Waals surface area contributed by atoms with Crippen molar-refractivity contribution in [2.24, 2.45) is 0 Å². The third kappa shape index (κ3) is 4.13. The summed E-state index contributed by atoms with van der Waals surface area (Å²) in [5.74, 6) is 1.56. The molecule has 24 heavy (non-hydrogen) atoms. The molecule has 0 radical (unpaired) electrons. The lowest BCUT2D eigenvalue weighted by Crippen LogP contribution is -2.41. The molecule has 1 aromatic carbocycles. The van der Waals surface area contributed by atoms with E-state index in [9.17, 15) is 5.11 Å². The summed E-state index contributed by atoms with van der Waals surface area (Å²) in [5, 5.41) is 18.0. The highest BCUT2D eigenvalue weighted by molar-refractivity contribution is 6.30. The summed E-state index contributed by atoms with van der Waals surface area (Å²) in [4.78, 5) is 7.04. The van der Waals surface area contributed by atoms with E-state index in [-0.39, 0.29) is 6.61 Å². The average molecular weight is 350 g/mol. The molecule has 2 N–H and O–H groups in total. The second-order valence-electron chi connectivity index (χ2n) is 6.20. The Labute approximate surface area is 147 Å². The lowest BCUT2D eigenvalue weighted by molar-refractivity contribution is 0.182. The summed E-state index contributed by atoms with van der Waals surface area (Å²) >= 11 is 5.95. The van der Waals surface area contributed by atoms with Gasteiger partial charge in [-0.3, -0.25) is 4.90 Å². The number of aliphatic hydroxyl groups excluding tert-OH is 1. The van der Waals surface area contributed by atoms with Gasteiger partial charge in [0.05, 0.1) is 19.7 Å². The van der Waals surface area contributed by atoms with E-state index in [4.69, 9.17) is 16.6 Å². The van der Waals surface area contributed by atoms with Crippen molar-refractivity contribution in [1.82, 2.24) is 25.0 Å². The zero-order valence-corrected chi connectivity index (χ0v) is 14.7. The van der Waals surface area contributed by atoms with Crippen molar-refractivity contribution in [2.75, 3.05) is 26.7 Å². The first kappa shape index (κ1) is 17.4. The number of piperidine rings is 1. The summed E-state index contributed by atoms with van der Waals surface area (Å²) in [6.45, 7) is 3.36. The number of nitrogens with zero attached hydrogens (tertiary/aromatic N) is 4. The molecule has 2 heterocycles. The maximum absolute atomic E-state index is 9.32. The fourth-order valence-corrected chi connectivity index (χ4v) is 3.21. The van der Waals surface area contributed by atoms with Crippen molar-refractivity contribution in [2.45, 2.75) is 32.0 Å². The van der Waals surface area contributed by atoms with Gasteiger partial charge in [0.2, 0.25) is 0 Å². The van der Waals surface area contributed by atoms with Crippen LogP contribution in [0.25, 0.3) is 11.4 Å². The highest BCUT2D eigenvalue weighted by atomic mass is 35.5. The third-order valence-corrected chi connectivity index (χ3v) is 4.74. The molecule has 0 atom stereocenters. The quantitative estimate of drug-likeness (QED) is 0.832. The van der Waals surface area contributed by atoms with Gasteiger partial charge in [0.1, 0.15) is 5.82 Å². The second-order valence-corrected chi connectivity index (χ2v) is 6.64. The number of hydrogen-bond donors (Lipinski definition) is 2. The van der Waals surface area contributed by atoms with E-state index in [0.29, 0.717) is 23.4 Å². The molecule has 3 rings (SSSR count). The van der Waals surface area contributed by atoms with E-state index < -0.39 is 0 Å². The molecule has 130 valence electrons. The minimum Gasteiger partial charge on any atom is -0.394 e. The van der Waals surface area contributed by atoms with Gasteiger partial charge in [0, 0.05) is 16.6 Å². The predicted molar refractivity (Wildman–Crippen MR) is 94.9 cm³/mol. The summed E-state index contributed by atoms with van der Waals surface area (Å²) in [6, 6.07) is 8.07. The van der Waals surface area contributed by atoms with E-state index in [1.54, 1.807) is 0 Å². The van der Waals surface area contributed by atoms with Gasteiger partial charge in [-0.1, -0.05) is 11.6 Å². The Morgan fingerprint density at radius 3 is 2.67 bits per heavy atom. The average Bonchev–Trinajstić information content (AvgIpc) is 2.99. The highest BCUT2D eigenvalue weighted by Crippen LogP contribution is 2.20. The minimum absolute atomic E-state index is 0.0491. The molecular formula is C17H24ClN5O. The molecule has 1 aromatic heterocycles. The molecule has 0 saturated carbocycles. The van der Waals surface area contributed by atoms with E-state index in [1.807, 2.05) is 28.9 Å². The minimum atomic E-state index is 0.0491. The van der Waals surface area contributed by atoms with Crippen LogP contribution in [0.5, 0.6) is 0 Å². The van der Waals surface area contributed by atoms with E-state index in [2.05, 4.69) is 22.4 Å². The van der Waals surface area contributed by atoms with Crippen molar-refractivity contribution in [3.05, 3.63) is 35.1 Å². The lowest BCUT2D eigenvalue weighted by Gasteiger charge is -2.31. The Hall–Kier alpha value is -1.47. The van der Waals surface area contributed by atoms with Gasteiger partial charge in [-0.05, 0) is 57.2 Å². The molecule has 1 aliphatic rings. The molecule has 0 bridgehead atoms. The van der Waals surface area contributed by atoms with Crippen LogP contribution in [-0.2, 0) is 13.1 Å². The molecule has 6 nitrogen and oxygen atoms in total. The van der Waals surface area contributed by atoms with Crippen LogP contribution in [0.4, 0.5) is 0 Å². The maximum atomic E-state index is 9.32. The molecule has 0 amide bonds. The zero-order chi connectivity index (χ0) is 16.9. The number of aromatic nitrogens is 3. The van der Waals surface area contributed by atoms with Gasteiger partial charge in [0.25, 0.3) is 0 Å². The second kappa shape index (κ2) is 8.07. The molecule has 0 spiro atoms. The van der Waals surface area contributed by atoms with Crippen molar-refractivity contribution in [3.8, 4) is 11.4 Å². The monoisotopic (exact) mass is 349 g/mol. The van der Waals surface area contributed by atoms with Crippen LogP contribution >= 0.6 is 11.6 Å². The molecule has 1 saturated heterocycles. The number of halogens is 1. The van der Waals surface area contributed by atoms with E-state index in [0.717, 1.165) is 43.9 Å². The Bertz CT molecular complexity index is 652. The topological polar surface area (TPSA) is 66.2 Å².